The summed E-state index contributed by atoms with van der Waals surface area (Å²) < 4.78 is 64.2. The molecule has 0 radical (unpaired) electrons. The van der Waals surface area contributed by atoms with Crippen molar-refractivity contribution in [3.05, 3.63) is 58.7 Å². The van der Waals surface area contributed by atoms with Crippen LogP contribution in [-0.2, 0) is 21.7 Å². The van der Waals surface area contributed by atoms with E-state index in [1.54, 1.807) is 19.2 Å². The first kappa shape index (κ1) is 20.3. The van der Waals surface area contributed by atoms with Gasteiger partial charge in [-0.05, 0) is 42.8 Å². The average molecular weight is 427 g/mol. The first-order valence-electron chi connectivity index (χ1n) is 8.00. The van der Waals surface area contributed by atoms with Gasteiger partial charge in [0.2, 0.25) is 0 Å². The molecule has 0 saturated carbocycles. The molecule has 0 aliphatic heterocycles. The fourth-order valence-corrected chi connectivity index (χ4v) is 5.26. The molecule has 0 fully saturated rings. The zero-order valence-electron chi connectivity index (χ0n) is 14.9. The summed E-state index contributed by atoms with van der Waals surface area (Å²) >= 11 is 1.15. The van der Waals surface area contributed by atoms with Gasteiger partial charge >= 0.3 is 6.18 Å². The fourth-order valence-electron chi connectivity index (χ4n) is 2.50. The Morgan fingerprint density at radius 2 is 1.86 bits per heavy atom. The maximum Gasteiger partial charge on any atom is 0.433 e. The van der Waals surface area contributed by atoms with Crippen molar-refractivity contribution in [1.82, 2.24) is 9.97 Å². The Morgan fingerprint density at radius 1 is 1.18 bits per heavy atom. The topological polar surface area (TPSA) is 75.9 Å². The van der Waals surface area contributed by atoms with E-state index in [-0.39, 0.29) is 15.7 Å². The molecule has 0 saturated heterocycles. The Labute approximate surface area is 164 Å². The Bertz CT molecular complexity index is 1070. The van der Waals surface area contributed by atoms with Crippen molar-refractivity contribution in [2.24, 2.45) is 0 Å². The fraction of sp³-hybridized carbons (Fsp3) is 0.222. The molecule has 3 aromatic rings. The highest BCUT2D eigenvalue weighted by molar-refractivity contribution is 7.93. The van der Waals surface area contributed by atoms with Crippen molar-refractivity contribution >= 4 is 21.1 Å². The van der Waals surface area contributed by atoms with Crippen LogP contribution in [0.3, 0.4) is 0 Å². The second-order valence-corrected chi connectivity index (χ2v) is 9.47. The molecule has 148 valence electrons. The minimum atomic E-state index is -4.54. The van der Waals surface area contributed by atoms with Crippen molar-refractivity contribution in [2.45, 2.75) is 23.2 Å². The zero-order chi connectivity index (χ0) is 20.5. The van der Waals surface area contributed by atoms with E-state index in [9.17, 15) is 17.4 Å². The van der Waals surface area contributed by atoms with Crippen LogP contribution in [0.15, 0.2) is 46.9 Å². The second-order valence-electron chi connectivity index (χ2n) is 5.98. The Balaban J connectivity index is 1.86. The van der Waals surface area contributed by atoms with E-state index in [1.807, 2.05) is 19.1 Å². The molecular weight excluding hydrogens is 411 g/mol. The van der Waals surface area contributed by atoms with Gasteiger partial charge in [0.15, 0.2) is 4.34 Å². The van der Waals surface area contributed by atoms with Gasteiger partial charge in [-0.15, -0.1) is 11.3 Å². The van der Waals surface area contributed by atoms with E-state index in [4.69, 9.17) is 9.52 Å². The van der Waals surface area contributed by atoms with Crippen LogP contribution in [-0.4, -0.2) is 21.3 Å². The van der Waals surface area contributed by atoms with E-state index in [1.165, 1.54) is 6.07 Å². The number of aromatic nitrogens is 2. The number of thiazole rings is 1. The molecule has 1 unspecified atom stereocenters. The number of alkyl halides is 3. The number of nitrogens with one attached hydrogen (secondary N) is 1. The maximum absolute atomic E-state index is 12.9. The Kier molecular flexibility index (Phi) is 5.44. The molecule has 3 rings (SSSR count). The highest BCUT2D eigenvalue weighted by atomic mass is 32.2. The highest BCUT2D eigenvalue weighted by Crippen LogP contribution is 2.33. The first-order valence-corrected chi connectivity index (χ1v) is 10.5. The third kappa shape index (κ3) is 4.33. The Morgan fingerprint density at radius 3 is 2.39 bits per heavy atom. The van der Waals surface area contributed by atoms with E-state index in [0.29, 0.717) is 11.4 Å². The van der Waals surface area contributed by atoms with Crippen LogP contribution in [0.25, 0.3) is 11.3 Å². The molecule has 0 amide bonds. The molecular formula is C18H16F3N3O2S2. The summed E-state index contributed by atoms with van der Waals surface area (Å²) in [6.07, 6.45) is -3.54. The minimum Gasteiger partial charge on any atom is -0.497 e. The number of hydrogen-bond acceptors (Lipinski definition) is 6. The number of aryl methyl sites for hydroxylation is 1. The summed E-state index contributed by atoms with van der Waals surface area (Å²) in [6.45, 7) is 1.82. The predicted octanol–water partition coefficient (Wildman–Crippen LogP) is 5.15. The summed E-state index contributed by atoms with van der Waals surface area (Å²) in [5.41, 5.74) is 0.673. The summed E-state index contributed by atoms with van der Waals surface area (Å²) in [4.78, 5) is 8.52. The van der Waals surface area contributed by atoms with Crippen LogP contribution in [0.5, 0.6) is 5.75 Å². The molecule has 0 bridgehead atoms. The van der Waals surface area contributed by atoms with Crippen molar-refractivity contribution in [2.75, 3.05) is 7.11 Å². The molecule has 0 aliphatic carbocycles. The van der Waals surface area contributed by atoms with E-state index in [0.717, 1.165) is 34.0 Å². The third-order valence-electron chi connectivity index (χ3n) is 3.91. The molecule has 1 N–H and O–H groups in total. The van der Waals surface area contributed by atoms with E-state index in [2.05, 4.69) is 9.97 Å². The first-order chi connectivity index (χ1) is 13.1. The number of benzene rings is 1. The van der Waals surface area contributed by atoms with Crippen LogP contribution in [0, 0.1) is 11.7 Å². The van der Waals surface area contributed by atoms with Crippen LogP contribution in [0.4, 0.5) is 13.2 Å². The normalized spacial score (nSPS) is 13.9. The summed E-state index contributed by atoms with van der Waals surface area (Å²) in [6, 6.07) is 9.20. The van der Waals surface area contributed by atoms with Crippen LogP contribution in [0.2, 0.25) is 0 Å². The van der Waals surface area contributed by atoms with Crippen molar-refractivity contribution in [1.29, 1.82) is 4.78 Å². The largest absolute Gasteiger partial charge is 0.497 e. The number of nitrogens with zero attached hydrogens (tertiary/aromatic N) is 2. The van der Waals surface area contributed by atoms with Gasteiger partial charge in [-0.3, -0.25) is 4.98 Å². The van der Waals surface area contributed by atoms with Gasteiger partial charge in [-0.2, -0.15) is 13.2 Å². The number of pyridine rings is 1. The molecule has 2 heterocycles. The zero-order valence-corrected chi connectivity index (χ0v) is 16.5. The van der Waals surface area contributed by atoms with Crippen LogP contribution in [0.1, 0.15) is 16.1 Å². The third-order valence-corrected chi connectivity index (χ3v) is 7.13. The Hall–Kier alpha value is -2.46. The lowest BCUT2D eigenvalue weighted by Gasteiger charge is -2.07. The molecule has 5 nitrogen and oxygen atoms in total. The number of ether oxygens (including phenoxy) is 1. The standard InChI is InChI=1S/C18H16F3N3O2S2/c1-11-16(13-4-6-14(26-2)7-5-13)24-17(27-11)28(22,25)10-12-3-8-15(23-9-12)18(19,20)21/h3-9,22H,10H2,1-2H3. The van der Waals surface area contributed by atoms with Crippen molar-refractivity contribution < 1.29 is 22.1 Å². The summed E-state index contributed by atoms with van der Waals surface area (Å²) in [5, 5.41) is 0. The number of methoxy groups -OCH3 is 1. The molecule has 1 atom stereocenters. The monoisotopic (exact) mass is 427 g/mol. The van der Waals surface area contributed by atoms with Gasteiger partial charge in [0.05, 0.1) is 18.6 Å². The average Bonchev–Trinajstić information content (AvgIpc) is 3.04. The predicted molar refractivity (Wildman–Crippen MR) is 101 cm³/mol. The summed E-state index contributed by atoms with van der Waals surface area (Å²) in [7, 11) is -1.76. The lowest BCUT2D eigenvalue weighted by molar-refractivity contribution is -0.141. The van der Waals surface area contributed by atoms with Crippen LogP contribution < -0.4 is 4.74 Å². The molecule has 1 aromatic carbocycles. The quantitative estimate of drug-likeness (QED) is 0.611. The van der Waals surface area contributed by atoms with Gasteiger partial charge < -0.3 is 4.74 Å². The molecule has 2 aromatic heterocycles. The SMILES string of the molecule is COc1ccc(-c2nc(S(=N)(=O)Cc3ccc(C(F)(F)F)nc3)sc2C)cc1. The van der Waals surface area contributed by atoms with Gasteiger partial charge in [-0.25, -0.2) is 14.0 Å². The van der Waals surface area contributed by atoms with Gasteiger partial charge in [0, 0.05) is 16.6 Å². The van der Waals surface area contributed by atoms with Crippen molar-refractivity contribution in [3.8, 4) is 17.0 Å². The number of hydrogen-bond donors (Lipinski definition) is 1. The van der Waals surface area contributed by atoms with Crippen LogP contribution >= 0.6 is 11.3 Å². The lowest BCUT2D eigenvalue weighted by Crippen LogP contribution is -2.09. The van der Waals surface area contributed by atoms with Crippen molar-refractivity contribution in [3.63, 3.8) is 0 Å². The smallest absolute Gasteiger partial charge is 0.433 e. The highest BCUT2D eigenvalue weighted by Gasteiger charge is 2.32. The van der Waals surface area contributed by atoms with Gasteiger partial charge in [0.25, 0.3) is 0 Å². The van der Waals surface area contributed by atoms with Gasteiger partial charge in [0.1, 0.15) is 21.2 Å². The molecule has 0 aliphatic rings. The molecule has 0 spiro atoms. The maximum atomic E-state index is 12.9. The molecule has 28 heavy (non-hydrogen) atoms. The van der Waals surface area contributed by atoms with E-state index >= 15 is 0 Å². The van der Waals surface area contributed by atoms with Gasteiger partial charge in [-0.1, -0.05) is 6.07 Å². The lowest BCUT2D eigenvalue weighted by atomic mass is 10.1. The minimum absolute atomic E-state index is 0.135. The number of rotatable bonds is 5. The number of halogens is 3. The second kappa shape index (κ2) is 7.51. The summed E-state index contributed by atoms with van der Waals surface area (Å²) in [5.74, 6) is 0.434. The van der Waals surface area contributed by atoms with E-state index < -0.39 is 21.6 Å². The molecule has 10 heteroatoms.